The number of carboxylic acid groups (broad SMARTS) is 2. The first-order valence-corrected chi connectivity index (χ1v) is 19.9. The van der Waals surface area contributed by atoms with Crippen molar-refractivity contribution in [1.29, 1.82) is 0 Å². The molecule has 0 radical (unpaired) electrons. The first kappa shape index (κ1) is 48.8. The van der Waals surface area contributed by atoms with Crippen molar-refractivity contribution in [3.63, 3.8) is 0 Å². The van der Waals surface area contributed by atoms with Gasteiger partial charge in [0.1, 0.15) is 13.2 Å². The zero-order valence-corrected chi connectivity index (χ0v) is 35.1. The lowest BCUT2D eigenvalue weighted by molar-refractivity contribution is -0.145. The minimum Gasteiger partial charge on any atom is -0.477 e. The Morgan fingerprint density at radius 2 is 1.02 bits per heavy atom. The van der Waals surface area contributed by atoms with Gasteiger partial charge in [0, 0.05) is 26.9 Å². The molecule has 28 nitrogen and oxygen atoms in total. The number of carboxylic acids is 2. The topological polar surface area (TPSA) is 428 Å². The lowest BCUT2D eigenvalue weighted by atomic mass is 9.92. The number of aliphatic carboxylic acids is 2. The van der Waals surface area contributed by atoms with Crippen LogP contribution >= 0.6 is 0 Å². The molecule has 0 saturated carbocycles. The van der Waals surface area contributed by atoms with E-state index in [0.29, 0.717) is 0 Å². The summed E-state index contributed by atoms with van der Waals surface area (Å²) in [7, 11) is 0. The molecule has 66 heavy (non-hydrogen) atoms. The molecule has 2 fully saturated rings. The van der Waals surface area contributed by atoms with Gasteiger partial charge in [-0.25, -0.2) is 38.8 Å². The van der Waals surface area contributed by atoms with Gasteiger partial charge >= 0.3 is 36.4 Å². The van der Waals surface area contributed by atoms with Crippen molar-refractivity contribution in [2.45, 2.75) is 87.5 Å². The molecule has 0 aliphatic carbocycles. The third kappa shape index (κ3) is 13.4. The highest BCUT2D eigenvalue weighted by molar-refractivity contribution is 5.86. The molecule has 0 bridgehead atoms. The van der Waals surface area contributed by atoms with Gasteiger partial charge in [-0.15, -0.1) is 0 Å². The zero-order valence-electron chi connectivity index (χ0n) is 35.1. The third-order valence-corrected chi connectivity index (χ3v) is 9.85. The van der Waals surface area contributed by atoms with Crippen molar-refractivity contribution >= 4 is 60.2 Å². The molecule has 14 N–H and O–H groups in total. The highest BCUT2D eigenvalue weighted by atomic mass is 16.8. The van der Waals surface area contributed by atoms with E-state index in [-0.39, 0.29) is 25.9 Å². The first-order chi connectivity index (χ1) is 31.3. The van der Waals surface area contributed by atoms with Gasteiger partial charge in [-0.2, -0.15) is 0 Å². The van der Waals surface area contributed by atoms with Crippen LogP contribution in [0.2, 0.25) is 0 Å². The maximum Gasteiger partial charge on any atom is 0.508 e. The number of rotatable bonds is 18. The van der Waals surface area contributed by atoms with Crippen LogP contribution in [-0.4, -0.2) is 157 Å². The maximum absolute atomic E-state index is 13.2. The number of hydrogen-bond donors (Lipinski definition) is 10. The summed E-state index contributed by atoms with van der Waals surface area (Å²) in [5.74, 6) is -6.42. The van der Waals surface area contributed by atoms with E-state index in [4.69, 9.17) is 60.8 Å². The average molecular weight is 933 g/mol. The summed E-state index contributed by atoms with van der Waals surface area (Å²) in [5.41, 5.74) is 23.8. The molecular formula is C38H48N10O18. The van der Waals surface area contributed by atoms with Gasteiger partial charge in [0.15, 0.2) is 48.5 Å². The summed E-state index contributed by atoms with van der Waals surface area (Å²) >= 11 is 0. The molecule has 0 unspecified atom stereocenters. The molecule has 4 heterocycles. The molecule has 4 aliphatic rings. The summed E-state index contributed by atoms with van der Waals surface area (Å²) in [6.07, 6.45) is -10.3. The standard InChI is InChI=1S/C38H48N10O18/c1-15(49)45-25-19(47-33(39)40)11-21(31(51)52)61-29(25)27(23-13-59-37(57)63-23)65-35(55)43-9-7-17-3-5-18(6-4-17)8-10-44-36(56)66-28(24-14-60-38(58)64-24)30-26(46-16(2)50)20(48-34(41)42)12-22(62-30)32(53)54/h3-6,11-12,19-20,23-30H,7-10,13-14H2,1-2H3,(H,43,55)(H,44,56)(H,45,49)(H,46,50)(H,51,52)(H,53,54)(H4,39,40,47)(H4,41,42,48)/t19-,20-,23+,24+,25+,26+,27+,28+,29+,30+/m0/s1. The lowest BCUT2D eigenvalue weighted by Crippen LogP contribution is -2.61. The van der Waals surface area contributed by atoms with Crippen LogP contribution in [0.15, 0.2) is 57.9 Å². The van der Waals surface area contributed by atoms with Crippen LogP contribution in [0.1, 0.15) is 25.0 Å². The summed E-state index contributed by atoms with van der Waals surface area (Å²) in [5, 5.41) is 29.7. The van der Waals surface area contributed by atoms with Crippen molar-refractivity contribution in [3.8, 4) is 0 Å². The number of nitrogens with two attached hydrogens (primary N) is 4. The molecule has 10 atom stereocenters. The normalized spacial score (nSPS) is 25.0. The van der Waals surface area contributed by atoms with Crippen molar-refractivity contribution in [1.82, 2.24) is 21.3 Å². The van der Waals surface area contributed by atoms with Crippen molar-refractivity contribution in [2.75, 3.05) is 26.3 Å². The number of benzene rings is 1. The van der Waals surface area contributed by atoms with Gasteiger partial charge in [0.25, 0.3) is 0 Å². The lowest BCUT2D eigenvalue weighted by Gasteiger charge is -2.39. The average Bonchev–Trinajstić information content (AvgIpc) is 3.87. The molecule has 0 aromatic heterocycles. The van der Waals surface area contributed by atoms with Crippen LogP contribution < -0.4 is 44.2 Å². The predicted octanol–water partition coefficient (Wildman–Crippen LogP) is -2.94. The molecule has 1 aromatic rings. The SMILES string of the molecule is CC(=O)N[C@H]1[C@H]([C@H](OC(=O)NCCc2ccc(CCNC(=O)O[C@@H]([C@@H]3OC(C(=O)O)=C[C@H](N=C(N)N)[C@H]3NC(C)=O)[C@H]3COC(=O)O3)cc2)[C@H]2COC(=O)O2)OC(C(=O)O)=C[C@@H]1N=C(N)N. The van der Waals surface area contributed by atoms with Crippen LogP contribution in [0.25, 0.3) is 0 Å². The van der Waals surface area contributed by atoms with Crippen LogP contribution in [0.4, 0.5) is 19.2 Å². The molecule has 1 aromatic carbocycles. The minimum absolute atomic E-state index is 0.0171. The van der Waals surface area contributed by atoms with E-state index < -0.39 is 146 Å². The first-order valence-electron chi connectivity index (χ1n) is 19.9. The van der Waals surface area contributed by atoms with Gasteiger partial charge in [-0.3, -0.25) is 9.59 Å². The summed E-state index contributed by atoms with van der Waals surface area (Å²) < 4.78 is 42.7. The van der Waals surface area contributed by atoms with Gasteiger partial charge < -0.3 is 92.3 Å². The van der Waals surface area contributed by atoms with E-state index in [0.717, 1.165) is 23.3 Å². The molecule has 358 valence electrons. The molecule has 2 saturated heterocycles. The fourth-order valence-electron chi connectivity index (χ4n) is 7.13. The van der Waals surface area contributed by atoms with Crippen molar-refractivity contribution < 1.29 is 86.5 Å². The Labute approximate surface area is 373 Å². The molecule has 0 spiro atoms. The van der Waals surface area contributed by atoms with Crippen molar-refractivity contribution in [2.24, 2.45) is 32.9 Å². The predicted molar refractivity (Wildman–Crippen MR) is 218 cm³/mol. The Morgan fingerprint density at radius 3 is 1.30 bits per heavy atom. The summed E-state index contributed by atoms with van der Waals surface area (Å²) in [4.78, 5) is 106. The number of carbonyl (C=O) groups is 8. The number of ether oxygens (including phenoxy) is 8. The number of carbonyl (C=O) groups excluding carboxylic acids is 6. The number of hydrogen-bond acceptors (Lipinski definition) is 18. The third-order valence-electron chi connectivity index (χ3n) is 9.85. The summed E-state index contributed by atoms with van der Waals surface area (Å²) in [6, 6.07) is 2.17. The van der Waals surface area contributed by atoms with Crippen LogP contribution in [0.5, 0.6) is 0 Å². The Morgan fingerprint density at radius 1 is 0.652 bits per heavy atom. The number of alkyl carbamates (subject to hydrolysis) is 2. The van der Waals surface area contributed by atoms with Gasteiger partial charge in [0.2, 0.25) is 23.3 Å². The van der Waals surface area contributed by atoms with Crippen LogP contribution in [-0.2, 0) is 69.9 Å². The second-order valence-electron chi connectivity index (χ2n) is 14.7. The van der Waals surface area contributed by atoms with E-state index in [1.807, 2.05) is 0 Å². The van der Waals surface area contributed by atoms with Gasteiger partial charge in [-0.05, 0) is 36.1 Å². The van der Waals surface area contributed by atoms with Gasteiger partial charge in [0.05, 0.1) is 24.2 Å². The number of amides is 4. The molecular weight excluding hydrogens is 884 g/mol. The number of nitrogens with zero attached hydrogens (tertiary/aromatic N) is 2. The van der Waals surface area contributed by atoms with E-state index in [9.17, 15) is 48.6 Å². The fraction of sp³-hybridized carbons (Fsp3) is 0.474. The smallest absolute Gasteiger partial charge is 0.477 e. The van der Waals surface area contributed by atoms with E-state index in [1.165, 1.54) is 13.8 Å². The molecule has 28 heteroatoms. The second-order valence-corrected chi connectivity index (χ2v) is 14.7. The Bertz CT molecular complexity index is 2010. The number of guanidine groups is 2. The zero-order chi connectivity index (χ0) is 48.2. The minimum atomic E-state index is -1.55. The largest absolute Gasteiger partial charge is 0.508 e. The van der Waals surface area contributed by atoms with Gasteiger partial charge in [-0.1, -0.05) is 24.3 Å². The van der Waals surface area contributed by atoms with E-state index in [2.05, 4.69) is 31.3 Å². The number of cyclic esters (lactones) is 4. The maximum atomic E-state index is 13.2. The second kappa shape index (κ2) is 21.9. The Kier molecular flexibility index (Phi) is 16.2. The Hall–Kier alpha value is -8.20. The molecule has 4 aliphatic heterocycles. The van der Waals surface area contributed by atoms with Crippen LogP contribution in [0.3, 0.4) is 0 Å². The fourth-order valence-corrected chi connectivity index (χ4v) is 7.13. The molecule has 4 amide bonds. The van der Waals surface area contributed by atoms with E-state index in [1.54, 1.807) is 24.3 Å². The quantitative estimate of drug-likeness (QED) is 0.0305. The number of nitrogens with one attached hydrogen (secondary N) is 4. The number of aliphatic imine (C=N–C) groups is 2. The van der Waals surface area contributed by atoms with Crippen molar-refractivity contribution in [3.05, 3.63) is 59.1 Å². The monoisotopic (exact) mass is 932 g/mol. The van der Waals surface area contributed by atoms with E-state index >= 15 is 0 Å². The molecule has 5 rings (SSSR count). The Balaban J connectivity index is 1.18. The highest BCUT2D eigenvalue weighted by Gasteiger charge is 2.51. The summed E-state index contributed by atoms with van der Waals surface area (Å²) in [6.45, 7) is 1.54. The highest BCUT2D eigenvalue weighted by Crippen LogP contribution is 2.31. The van der Waals surface area contributed by atoms with Crippen LogP contribution in [0, 0.1) is 0 Å².